The maximum Gasteiger partial charge on any atom is 0.418 e. The molecule has 0 fully saturated rings. The first-order chi connectivity index (χ1) is 8.48. The van der Waals surface area contributed by atoms with Crippen LogP contribution < -0.4 is 5.32 Å². The minimum atomic E-state index is -4.41. The molecule has 0 spiro atoms. The quantitative estimate of drug-likeness (QED) is 0.836. The van der Waals surface area contributed by atoms with E-state index in [1.54, 1.807) is 0 Å². The van der Waals surface area contributed by atoms with Crippen molar-refractivity contribution in [3.8, 4) is 0 Å². The fraction of sp³-hybridized carbons (Fsp3) is 0.167. The largest absolute Gasteiger partial charge is 0.418 e. The molecule has 0 aliphatic rings. The van der Waals surface area contributed by atoms with E-state index in [0.717, 1.165) is 11.6 Å². The van der Waals surface area contributed by atoms with Crippen molar-refractivity contribution < 1.29 is 13.2 Å². The average molecular weight is 292 g/mol. The molecule has 96 valence electrons. The molecule has 2 rings (SSSR count). The molecule has 0 saturated carbocycles. The Bertz CT molecular complexity index is 523. The summed E-state index contributed by atoms with van der Waals surface area (Å²) < 4.78 is 38.4. The fourth-order valence-corrected chi connectivity index (χ4v) is 2.43. The van der Waals surface area contributed by atoms with Crippen molar-refractivity contribution in [2.75, 3.05) is 5.32 Å². The van der Waals surface area contributed by atoms with Gasteiger partial charge in [-0.05, 0) is 34.5 Å². The number of halogens is 4. The molecule has 0 aliphatic carbocycles. The molecule has 0 bridgehead atoms. The predicted octanol–water partition coefficient (Wildman–Crippen LogP) is 5.03. The number of alkyl halides is 3. The number of thiophene rings is 1. The molecule has 1 heterocycles. The molecule has 6 heteroatoms. The smallest absolute Gasteiger partial charge is 0.379 e. The summed E-state index contributed by atoms with van der Waals surface area (Å²) in [5, 5.41) is 6.56. The van der Waals surface area contributed by atoms with Crippen molar-refractivity contribution in [3.63, 3.8) is 0 Å². The number of hydrogen-bond acceptors (Lipinski definition) is 2. The standard InChI is InChI=1S/C12H9ClF3NS/c13-10-3-1-2-9(12(14,15)16)11(10)17-6-8-4-5-18-7-8/h1-5,7,17H,6H2. The van der Waals surface area contributed by atoms with Crippen LogP contribution in [0.3, 0.4) is 0 Å². The van der Waals surface area contributed by atoms with Crippen molar-refractivity contribution in [3.05, 3.63) is 51.2 Å². The lowest BCUT2D eigenvalue weighted by Gasteiger charge is -2.15. The van der Waals surface area contributed by atoms with Gasteiger partial charge in [-0.1, -0.05) is 17.7 Å². The van der Waals surface area contributed by atoms with E-state index in [-0.39, 0.29) is 10.7 Å². The monoisotopic (exact) mass is 291 g/mol. The number of anilines is 1. The minimum absolute atomic E-state index is 0.0695. The van der Waals surface area contributed by atoms with Gasteiger partial charge in [0, 0.05) is 6.54 Å². The summed E-state index contributed by atoms with van der Waals surface area (Å²) in [6.07, 6.45) is -4.41. The van der Waals surface area contributed by atoms with Crippen LogP contribution >= 0.6 is 22.9 Å². The van der Waals surface area contributed by atoms with E-state index in [4.69, 9.17) is 11.6 Å². The zero-order valence-corrected chi connectivity index (χ0v) is 10.7. The third-order valence-electron chi connectivity index (χ3n) is 2.37. The first kappa shape index (κ1) is 13.2. The summed E-state index contributed by atoms with van der Waals surface area (Å²) in [5.74, 6) is 0. The molecule has 0 unspecified atom stereocenters. The average Bonchev–Trinajstić information content (AvgIpc) is 2.78. The molecule has 1 aromatic heterocycles. The summed E-state index contributed by atoms with van der Waals surface area (Å²) in [7, 11) is 0. The third-order valence-corrected chi connectivity index (χ3v) is 3.42. The van der Waals surface area contributed by atoms with Crippen molar-refractivity contribution in [2.45, 2.75) is 12.7 Å². The normalized spacial score (nSPS) is 11.6. The Labute approximate surface area is 111 Å². The Hall–Kier alpha value is -1.20. The van der Waals surface area contributed by atoms with Crippen LogP contribution in [-0.4, -0.2) is 0 Å². The summed E-state index contributed by atoms with van der Waals surface area (Å²) in [4.78, 5) is 0. The van der Waals surface area contributed by atoms with Crippen LogP contribution in [-0.2, 0) is 12.7 Å². The number of para-hydroxylation sites is 1. The first-order valence-corrected chi connectivity index (χ1v) is 6.41. The van der Waals surface area contributed by atoms with Crippen LogP contribution in [0.1, 0.15) is 11.1 Å². The highest BCUT2D eigenvalue weighted by molar-refractivity contribution is 7.07. The maximum atomic E-state index is 12.8. The van der Waals surface area contributed by atoms with Crippen LogP contribution in [0, 0.1) is 0 Å². The van der Waals surface area contributed by atoms with Crippen LogP contribution in [0.15, 0.2) is 35.0 Å². The molecule has 0 saturated heterocycles. The highest BCUT2D eigenvalue weighted by Crippen LogP contribution is 2.38. The van der Waals surface area contributed by atoms with E-state index in [2.05, 4.69) is 5.32 Å². The van der Waals surface area contributed by atoms with Crippen molar-refractivity contribution >= 4 is 28.6 Å². The maximum absolute atomic E-state index is 12.8. The molecular formula is C12H9ClF3NS. The van der Waals surface area contributed by atoms with E-state index in [9.17, 15) is 13.2 Å². The molecule has 1 N–H and O–H groups in total. The Morgan fingerprint density at radius 1 is 1.22 bits per heavy atom. The second-order valence-corrected chi connectivity index (χ2v) is 4.83. The Morgan fingerprint density at radius 3 is 2.61 bits per heavy atom. The molecule has 18 heavy (non-hydrogen) atoms. The molecule has 2 aromatic rings. The van der Waals surface area contributed by atoms with Crippen LogP contribution in [0.5, 0.6) is 0 Å². The Balaban J connectivity index is 2.26. The topological polar surface area (TPSA) is 12.0 Å². The Kier molecular flexibility index (Phi) is 3.82. The van der Waals surface area contributed by atoms with Gasteiger partial charge in [0.25, 0.3) is 0 Å². The van der Waals surface area contributed by atoms with Crippen molar-refractivity contribution in [1.82, 2.24) is 0 Å². The number of hydrogen-bond donors (Lipinski definition) is 1. The van der Waals surface area contributed by atoms with E-state index in [0.29, 0.717) is 6.54 Å². The third kappa shape index (κ3) is 2.97. The zero-order chi connectivity index (χ0) is 13.2. The summed E-state index contributed by atoms with van der Waals surface area (Å²) in [6, 6.07) is 5.59. The second kappa shape index (κ2) is 5.20. The van der Waals surface area contributed by atoms with Gasteiger partial charge in [-0.2, -0.15) is 24.5 Å². The van der Waals surface area contributed by atoms with Gasteiger partial charge in [0.1, 0.15) is 0 Å². The van der Waals surface area contributed by atoms with Crippen molar-refractivity contribution in [1.29, 1.82) is 0 Å². The summed E-state index contributed by atoms with van der Waals surface area (Å²) >= 11 is 7.31. The van der Waals surface area contributed by atoms with Gasteiger partial charge in [-0.25, -0.2) is 0 Å². The van der Waals surface area contributed by atoms with Gasteiger partial charge in [0.2, 0.25) is 0 Å². The molecule has 0 amide bonds. The van der Waals surface area contributed by atoms with Gasteiger partial charge in [-0.3, -0.25) is 0 Å². The predicted molar refractivity (Wildman–Crippen MR) is 68.1 cm³/mol. The Morgan fingerprint density at radius 2 is 2.00 bits per heavy atom. The first-order valence-electron chi connectivity index (χ1n) is 5.09. The van der Waals surface area contributed by atoms with Gasteiger partial charge in [-0.15, -0.1) is 0 Å². The molecule has 0 radical (unpaired) electrons. The fourth-order valence-electron chi connectivity index (χ4n) is 1.52. The van der Waals surface area contributed by atoms with Crippen LogP contribution in [0.4, 0.5) is 18.9 Å². The van der Waals surface area contributed by atoms with E-state index in [1.165, 1.54) is 23.5 Å². The number of rotatable bonds is 3. The number of benzene rings is 1. The summed E-state index contributed by atoms with van der Waals surface area (Å²) in [5.41, 5.74) is 0.108. The lowest BCUT2D eigenvalue weighted by atomic mass is 10.1. The molecule has 1 aromatic carbocycles. The van der Waals surface area contributed by atoms with Crippen LogP contribution in [0.25, 0.3) is 0 Å². The van der Waals surface area contributed by atoms with E-state index < -0.39 is 11.7 Å². The van der Waals surface area contributed by atoms with Crippen LogP contribution in [0.2, 0.25) is 5.02 Å². The highest BCUT2D eigenvalue weighted by atomic mass is 35.5. The van der Waals surface area contributed by atoms with E-state index in [1.807, 2.05) is 16.8 Å². The lowest BCUT2D eigenvalue weighted by Crippen LogP contribution is -2.11. The van der Waals surface area contributed by atoms with Gasteiger partial charge >= 0.3 is 6.18 Å². The van der Waals surface area contributed by atoms with Crippen molar-refractivity contribution in [2.24, 2.45) is 0 Å². The van der Waals surface area contributed by atoms with Gasteiger partial charge < -0.3 is 5.32 Å². The lowest BCUT2D eigenvalue weighted by molar-refractivity contribution is -0.136. The number of nitrogens with one attached hydrogen (secondary N) is 1. The van der Waals surface area contributed by atoms with Gasteiger partial charge in [0.15, 0.2) is 0 Å². The molecule has 1 nitrogen and oxygen atoms in total. The van der Waals surface area contributed by atoms with Gasteiger partial charge in [0.05, 0.1) is 16.3 Å². The zero-order valence-electron chi connectivity index (χ0n) is 9.09. The SMILES string of the molecule is FC(F)(F)c1cccc(Cl)c1NCc1ccsc1. The molecular weight excluding hydrogens is 283 g/mol. The molecule has 0 aliphatic heterocycles. The molecule has 0 atom stereocenters. The summed E-state index contributed by atoms with van der Waals surface area (Å²) in [6.45, 7) is 0.316. The highest BCUT2D eigenvalue weighted by Gasteiger charge is 2.34. The minimum Gasteiger partial charge on any atom is -0.379 e. The second-order valence-electron chi connectivity index (χ2n) is 3.65. The van der Waals surface area contributed by atoms with E-state index >= 15 is 0 Å².